The highest BCUT2D eigenvalue weighted by atomic mass is 19.1. The molecule has 1 atom stereocenters. The number of nitrogens with one attached hydrogen (secondary N) is 1. The Bertz CT molecular complexity index is 1050. The molecule has 1 aliphatic carbocycles. The quantitative estimate of drug-likeness (QED) is 0.773. The second kappa shape index (κ2) is 9.14. The minimum absolute atomic E-state index is 0.127. The van der Waals surface area contributed by atoms with E-state index in [-0.39, 0.29) is 23.3 Å². The maximum Gasteiger partial charge on any atom is 0.255 e. The first-order chi connectivity index (χ1) is 15.6. The third-order valence-corrected chi connectivity index (χ3v) is 7.34. The van der Waals surface area contributed by atoms with Crippen molar-refractivity contribution in [2.45, 2.75) is 70.5 Å². The number of hydrogen-bond acceptors (Lipinski definition) is 4. The van der Waals surface area contributed by atoms with Gasteiger partial charge in [-0.05, 0) is 37.7 Å². The van der Waals surface area contributed by atoms with Crippen LogP contribution in [0.2, 0.25) is 0 Å². The van der Waals surface area contributed by atoms with Gasteiger partial charge in [0.05, 0.1) is 17.3 Å². The molecule has 1 N–H and O–H groups in total. The molecule has 1 saturated heterocycles. The Morgan fingerprint density at radius 2 is 1.94 bits per heavy atom. The van der Waals surface area contributed by atoms with Gasteiger partial charge in [-0.25, -0.2) is 9.37 Å². The first-order valence-corrected chi connectivity index (χ1v) is 12.0. The van der Waals surface area contributed by atoms with E-state index < -0.39 is 0 Å². The molecule has 32 heavy (non-hydrogen) atoms. The number of carbonyl (C=O) groups excluding carboxylic acids is 1. The number of hydrogen-bond donors (Lipinski definition) is 1. The largest absolute Gasteiger partial charge is 0.333 e. The Hall–Kier alpha value is -2.54. The maximum atomic E-state index is 14.0. The van der Waals surface area contributed by atoms with E-state index in [4.69, 9.17) is 4.98 Å². The number of fused-ring (bicyclic) bond motifs is 1. The van der Waals surface area contributed by atoms with E-state index in [9.17, 15) is 14.0 Å². The first-order valence-electron chi connectivity index (χ1n) is 12.0. The van der Waals surface area contributed by atoms with Crippen LogP contribution in [-0.2, 0) is 24.3 Å². The zero-order valence-corrected chi connectivity index (χ0v) is 18.5. The summed E-state index contributed by atoms with van der Waals surface area (Å²) in [7, 11) is 0. The number of aromatic nitrogens is 2. The van der Waals surface area contributed by atoms with E-state index in [1.165, 1.54) is 18.9 Å². The lowest BCUT2D eigenvalue weighted by Crippen LogP contribution is -2.38. The van der Waals surface area contributed by atoms with E-state index in [0.29, 0.717) is 48.8 Å². The molecule has 0 unspecified atom stereocenters. The summed E-state index contributed by atoms with van der Waals surface area (Å²) in [6, 6.07) is 6.64. The molecule has 2 fully saturated rings. The second-order valence-corrected chi connectivity index (χ2v) is 9.53. The van der Waals surface area contributed by atoms with E-state index in [0.717, 1.165) is 44.5 Å². The Labute approximate surface area is 187 Å². The molecule has 7 heteroatoms. The van der Waals surface area contributed by atoms with Crippen molar-refractivity contribution in [3.63, 3.8) is 0 Å². The van der Waals surface area contributed by atoms with Crippen LogP contribution in [0, 0.1) is 11.7 Å². The molecule has 5 rings (SSSR count). The minimum atomic E-state index is -0.218. The van der Waals surface area contributed by atoms with Crippen molar-refractivity contribution in [2.24, 2.45) is 5.92 Å². The van der Waals surface area contributed by atoms with Crippen LogP contribution in [0.1, 0.15) is 73.6 Å². The third-order valence-electron chi connectivity index (χ3n) is 7.34. The topological polar surface area (TPSA) is 69.3 Å². The van der Waals surface area contributed by atoms with Gasteiger partial charge in [-0.3, -0.25) is 14.5 Å². The summed E-state index contributed by atoms with van der Waals surface area (Å²) in [5, 5.41) is 0. The summed E-state index contributed by atoms with van der Waals surface area (Å²) in [5.74, 6) is 1.13. The number of H-pyrrole nitrogens is 1. The van der Waals surface area contributed by atoms with Crippen molar-refractivity contribution in [3.05, 3.63) is 63.1 Å². The van der Waals surface area contributed by atoms with Crippen molar-refractivity contribution in [1.29, 1.82) is 0 Å². The minimum Gasteiger partial charge on any atom is -0.333 e. The standard InChI is InChI=1S/C25H31FN4O2/c26-20-9-4-3-8-18(20)15-29-13-11-21-19(16-29)25(32)28-24(27-21)22-10-5-12-30(22)23(31)14-17-6-1-2-7-17/h3-4,8-9,17,22H,1-2,5-7,10-16H2,(H,27,28,32)/t22-/m1/s1. The Kier molecular flexibility index (Phi) is 6.09. The van der Waals surface area contributed by atoms with Crippen LogP contribution in [0.4, 0.5) is 4.39 Å². The SMILES string of the molecule is O=C(CC1CCCC1)N1CCC[C@@H]1c1nc2c(c(=O)[nH]1)CN(Cc1ccccc1F)CC2. The molecular formula is C25H31FN4O2. The number of carbonyl (C=O) groups is 1. The number of amides is 1. The molecule has 1 aromatic heterocycles. The molecule has 3 heterocycles. The summed E-state index contributed by atoms with van der Waals surface area (Å²) in [4.78, 5) is 37.8. The van der Waals surface area contributed by atoms with E-state index >= 15 is 0 Å². The third kappa shape index (κ3) is 4.35. The van der Waals surface area contributed by atoms with E-state index in [1.807, 2.05) is 11.0 Å². The average molecular weight is 439 g/mol. The van der Waals surface area contributed by atoms with Crippen LogP contribution in [-0.4, -0.2) is 38.8 Å². The van der Waals surface area contributed by atoms with Crippen molar-refractivity contribution < 1.29 is 9.18 Å². The molecule has 1 aromatic carbocycles. The van der Waals surface area contributed by atoms with Crippen molar-refractivity contribution in [2.75, 3.05) is 13.1 Å². The van der Waals surface area contributed by atoms with E-state index in [2.05, 4.69) is 9.88 Å². The molecule has 2 aliphatic heterocycles. The van der Waals surface area contributed by atoms with Crippen LogP contribution in [0.25, 0.3) is 0 Å². The summed E-state index contributed by atoms with van der Waals surface area (Å²) in [6.07, 6.45) is 7.84. The Morgan fingerprint density at radius 3 is 2.75 bits per heavy atom. The fourth-order valence-electron chi connectivity index (χ4n) is 5.59. The number of benzene rings is 1. The monoisotopic (exact) mass is 438 g/mol. The number of halogens is 1. The van der Waals surface area contributed by atoms with Crippen LogP contribution in [0.3, 0.4) is 0 Å². The molecule has 170 valence electrons. The van der Waals surface area contributed by atoms with Gasteiger partial charge in [0, 0.05) is 44.6 Å². The number of aromatic amines is 1. The lowest BCUT2D eigenvalue weighted by atomic mass is 10.0. The predicted octanol–water partition coefficient (Wildman–Crippen LogP) is 3.71. The molecule has 0 spiro atoms. The zero-order valence-electron chi connectivity index (χ0n) is 18.5. The Balaban J connectivity index is 1.31. The van der Waals surface area contributed by atoms with Gasteiger partial charge in [0.25, 0.3) is 5.56 Å². The lowest BCUT2D eigenvalue weighted by Gasteiger charge is -2.29. The van der Waals surface area contributed by atoms with Gasteiger partial charge in [-0.1, -0.05) is 31.0 Å². The van der Waals surface area contributed by atoms with Crippen LogP contribution in [0.15, 0.2) is 29.1 Å². The van der Waals surface area contributed by atoms with Crippen molar-refractivity contribution in [3.8, 4) is 0 Å². The normalized spacial score (nSPS) is 21.8. The number of nitrogens with zero attached hydrogens (tertiary/aromatic N) is 3. The molecule has 6 nitrogen and oxygen atoms in total. The molecule has 2 aromatic rings. The molecule has 1 saturated carbocycles. The molecule has 3 aliphatic rings. The zero-order chi connectivity index (χ0) is 22.1. The molecule has 0 bridgehead atoms. The molecule has 1 amide bonds. The number of likely N-dealkylation sites (tertiary alicyclic amines) is 1. The summed E-state index contributed by atoms with van der Waals surface area (Å²) >= 11 is 0. The van der Waals surface area contributed by atoms with Gasteiger partial charge in [0.2, 0.25) is 5.91 Å². The lowest BCUT2D eigenvalue weighted by molar-refractivity contribution is -0.133. The van der Waals surface area contributed by atoms with Gasteiger partial charge in [0.1, 0.15) is 11.6 Å². The van der Waals surface area contributed by atoms with Crippen molar-refractivity contribution >= 4 is 5.91 Å². The first kappa shape index (κ1) is 21.3. The fourth-order valence-corrected chi connectivity index (χ4v) is 5.59. The summed E-state index contributed by atoms with van der Waals surface area (Å²) in [5.41, 5.74) is 2.00. The van der Waals surface area contributed by atoms with Gasteiger partial charge in [0.15, 0.2) is 0 Å². The van der Waals surface area contributed by atoms with Gasteiger partial charge < -0.3 is 9.88 Å². The molecule has 0 radical (unpaired) electrons. The number of rotatable bonds is 5. The fraction of sp³-hybridized carbons (Fsp3) is 0.560. The highest BCUT2D eigenvalue weighted by molar-refractivity contribution is 5.77. The van der Waals surface area contributed by atoms with Crippen LogP contribution in [0.5, 0.6) is 0 Å². The van der Waals surface area contributed by atoms with Crippen LogP contribution < -0.4 is 5.56 Å². The van der Waals surface area contributed by atoms with E-state index in [1.54, 1.807) is 12.1 Å². The summed E-state index contributed by atoms with van der Waals surface area (Å²) < 4.78 is 14.0. The highest BCUT2D eigenvalue weighted by Crippen LogP contribution is 2.34. The van der Waals surface area contributed by atoms with Gasteiger partial charge >= 0.3 is 0 Å². The van der Waals surface area contributed by atoms with Crippen molar-refractivity contribution in [1.82, 2.24) is 19.8 Å². The smallest absolute Gasteiger partial charge is 0.255 e. The maximum absolute atomic E-state index is 14.0. The average Bonchev–Trinajstić information content (AvgIpc) is 3.48. The predicted molar refractivity (Wildman–Crippen MR) is 119 cm³/mol. The van der Waals surface area contributed by atoms with Crippen LogP contribution >= 0.6 is 0 Å². The van der Waals surface area contributed by atoms with Gasteiger partial charge in [-0.2, -0.15) is 0 Å². The Morgan fingerprint density at radius 1 is 1.12 bits per heavy atom. The van der Waals surface area contributed by atoms with Gasteiger partial charge in [-0.15, -0.1) is 0 Å². The summed E-state index contributed by atoms with van der Waals surface area (Å²) in [6.45, 7) is 2.40. The second-order valence-electron chi connectivity index (χ2n) is 9.53. The highest BCUT2D eigenvalue weighted by Gasteiger charge is 2.34. The molecular weight excluding hydrogens is 407 g/mol.